The van der Waals surface area contributed by atoms with Gasteiger partial charge in [0.25, 0.3) is 15.9 Å². The summed E-state index contributed by atoms with van der Waals surface area (Å²) in [5, 5.41) is 9.76. The molecule has 0 bridgehead atoms. The molecule has 196 valence electrons. The van der Waals surface area contributed by atoms with Crippen molar-refractivity contribution in [3.05, 3.63) is 65.9 Å². The monoisotopic (exact) mass is 526 g/mol. The third kappa shape index (κ3) is 6.36. The van der Waals surface area contributed by atoms with Crippen molar-refractivity contribution in [2.75, 3.05) is 44.1 Å². The number of para-hydroxylation sites is 1. The van der Waals surface area contributed by atoms with E-state index in [1.165, 1.54) is 23.8 Å². The molecule has 10 nitrogen and oxygen atoms in total. The lowest BCUT2D eigenvalue weighted by atomic mass is 10.1. The molecule has 0 spiro atoms. The van der Waals surface area contributed by atoms with Crippen LogP contribution in [0, 0.1) is 6.92 Å². The molecule has 1 aromatic heterocycles. The highest BCUT2D eigenvalue weighted by Gasteiger charge is 2.25. The fraction of sp³-hybridized carbons (Fsp3) is 0.346. The number of carbonyl (C=O) groups is 2. The van der Waals surface area contributed by atoms with E-state index < -0.39 is 16.1 Å². The van der Waals surface area contributed by atoms with E-state index in [0.29, 0.717) is 35.4 Å². The van der Waals surface area contributed by atoms with Crippen LogP contribution in [-0.2, 0) is 14.8 Å². The summed E-state index contributed by atoms with van der Waals surface area (Å²) < 4.78 is 33.6. The van der Waals surface area contributed by atoms with Crippen molar-refractivity contribution in [1.29, 1.82) is 0 Å². The number of pyridine rings is 1. The van der Waals surface area contributed by atoms with Crippen LogP contribution in [0.1, 0.15) is 28.8 Å². The second-order valence-electron chi connectivity index (χ2n) is 8.85. The Hall–Kier alpha value is -3.70. The number of fused-ring (bicyclic) bond motifs is 1. The van der Waals surface area contributed by atoms with Crippen LogP contribution in [0.25, 0.3) is 10.9 Å². The number of benzene rings is 2. The van der Waals surface area contributed by atoms with Gasteiger partial charge in [0.15, 0.2) is 0 Å². The summed E-state index contributed by atoms with van der Waals surface area (Å²) in [6.45, 7) is 4.87. The molecule has 2 N–H and O–H groups in total. The summed E-state index contributed by atoms with van der Waals surface area (Å²) >= 11 is 0. The van der Waals surface area contributed by atoms with Gasteiger partial charge in [-0.25, -0.2) is 13.2 Å². The van der Waals surface area contributed by atoms with Crippen molar-refractivity contribution < 1.29 is 27.9 Å². The summed E-state index contributed by atoms with van der Waals surface area (Å²) in [4.78, 5) is 31.0. The molecule has 11 heteroatoms. The van der Waals surface area contributed by atoms with E-state index in [1.807, 2.05) is 0 Å². The van der Waals surface area contributed by atoms with Crippen molar-refractivity contribution >= 4 is 38.6 Å². The van der Waals surface area contributed by atoms with Gasteiger partial charge < -0.3 is 19.6 Å². The lowest BCUT2D eigenvalue weighted by Gasteiger charge is -2.33. The molecule has 2 aromatic carbocycles. The number of amides is 2. The summed E-state index contributed by atoms with van der Waals surface area (Å²) in [5.41, 5.74) is 1.76. The van der Waals surface area contributed by atoms with Gasteiger partial charge in [-0.3, -0.25) is 14.5 Å². The third-order valence-electron chi connectivity index (χ3n) is 6.27. The first-order valence-electron chi connectivity index (χ1n) is 12.1. The normalized spacial score (nSPS) is 15.7. The predicted octanol–water partition coefficient (Wildman–Crippen LogP) is 3.58. The molecule has 3 aromatic rings. The van der Waals surface area contributed by atoms with Gasteiger partial charge in [0, 0.05) is 56.5 Å². The fourth-order valence-electron chi connectivity index (χ4n) is 4.20. The van der Waals surface area contributed by atoms with Crippen LogP contribution >= 0.6 is 0 Å². The van der Waals surface area contributed by atoms with Crippen LogP contribution in [0.3, 0.4) is 0 Å². The van der Waals surface area contributed by atoms with E-state index in [2.05, 4.69) is 9.71 Å². The van der Waals surface area contributed by atoms with E-state index in [0.717, 1.165) is 18.6 Å². The summed E-state index contributed by atoms with van der Waals surface area (Å²) in [6.07, 6.45) is 3.11. The number of ether oxygens (including phenoxy) is 1. The van der Waals surface area contributed by atoms with Gasteiger partial charge >= 0.3 is 6.09 Å². The summed E-state index contributed by atoms with van der Waals surface area (Å²) in [5.74, 6) is -0.217. The number of carbonyl (C=O) groups excluding carboxylic acids is 1. The Labute approximate surface area is 215 Å². The van der Waals surface area contributed by atoms with E-state index in [-0.39, 0.29) is 23.9 Å². The maximum absolute atomic E-state index is 13.0. The highest BCUT2D eigenvalue weighted by Crippen LogP contribution is 2.25. The lowest BCUT2D eigenvalue weighted by Crippen LogP contribution is -2.50. The Bertz CT molecular complexity index is 1370. The van der Waals surface area contributed by atoms with Crippen LogP contribution in [0.15, 0.2) is 59.6 Å². The van der Waals surface area contributed by atoms with Gasteiger partial charge in [-0.2, -0.15) is 0 Å². The number of carboxylic acid groups (broad SMARTS) is 1. The highest BCUT2D eigenvalue weighted by molar-refractivity contribution is 7.93. The molecule has 0 aliphatic carbocycles. The number of sulfonamides is 1. The smallest absolute Gasteiger partial charge is 0.407 e. The second-order valence-corrected chi connectivity index (χ2v) is 10.5. The first-order valence-corrected chi connectivity index (χ1v) is 13.6. The first kappa shape index (κ1) is 26.4. The Morgan fingerprint density at radius 1 is 0.973 bits per heavy atom. The molecule has 2 saturated heterocycles. The van der Waals surface area contributed by atoms with E-state index in [4.69, 9.17) is 9.84 Å². The molecule has 2 amide bonds. The predicted molar refractivity (Wildman–Crippen MR) is 139 cm³/mol. The highest BCUT2D eigenvalue weighted by atomic mass is 32.2. The molecule has 0 radical (unpaired) electrons. The van der Waals surface area contributed by atoms with Crippen molar-refractivity contribution in [2.45, 2.75) is 24.7 Å². The average molecular weight is 527 g/mol. The number of aryl methyl sites for hydroxylation is 1. The molecule has 37 heavy (non-hydrogen) atoms. The Morgan fingerprint density at radius 3 is 2.27 bits per heavy atom. The van der Waals surface area contributed by atoms with Crippen molar-refractivity contribution in [1.82, 2.24) is 14.8 Å². The maximum atomic E-state index is 13.0. The van der Waals surface area contributed by atoms with E-state index in [1.54, 1.807) is 60.5 Å². The summed E-state index contributed by atoms with van der Waals surface area (Å²) in [6, 6.07) is 13.3. The minimum absolute atomic E-state index is 0.0754. The molecule has 2 fully saturated rings. The number of rotatable bonds is 4. The molecule has 5 rings (SSSR count). The minimum Gasteiger partial charge on any atom is -0.465 e. The minimum atomic E-state index is -3.90. The molecular weight excluding hydrogens is 496 g/mol. The van der Waals surface area contributed by atoms with Crippen LogP contribution in [-0.4, -0.2) is 79.7 Å². The van der Waals surface area contributed by atoms with E-state index >= 15 is 0 Å². The Balaban J connectivity index is 0.000000572. The number of hydrogen-bond donors (Lipinski definition) is 2. The molecule has 2 aliphatic rings. The van der Waals surface area contributed by atoms with Gasteiger partial charge in [0.2, 0.25) is 0 Å². The van der Waals surface area contributed by atoms with Gasteiger partial charge in [-0.05, 0) is 55.7 Å². The number of hydrogen-bond acceptors (Lipinski definition) is 6. The SMILES string of the molecule is C1CCOC1.Cc1cc(C(=O)N2CCN(C(=O)O)CC2)ccc1NS(=O)(=O)c1cccc2cccnc12. The molecule has 3 heterocycles. The third-order valence-corrected chi connectivity index (χ3v) is 7.66. The van der Waals surface area contributed by atoms with Crippen molar-refractivity contribution in [3.8, 4) is 0 Å². The van der Waals surface area contributed by atoms with Gasteiger partial charge in [-0.15, -0.1) is 0 Å². The molecular formula is C26H30N4O6S. The topological polar surface area (TPSA) is 129 Å². The van der Waals surface area contributed by atoms with Crippen molar-refractivity contribution in [2.24, 2.45) is 0 Å². The molecule has 2 aliphatic heterocycles. The zero-order valence-corrected chi connectivity index (χ0v) is 21.4. The maximum Gasteiger partial charge on any atom is 0.407 e. The Morgan fingerprint density at radius 2 is 1.65 bits per heavy atom. The van der Waals surface area contributed by atoms with Crippen LogP contribution in [0.4, 0.5) is 10.5 Å². The molecule has 0 saturated carbocycles. The first-order chi connectivity index (χ1) is 17.8. The number of nitrogens with one attached hydrogen (secondary N) is 1. The average Bonchev–Trinajstić information content (AvgIpc) is 3.49. The zero-order chi connectivity index (χ0) is 26.4. The fourth-order valence-corrected chi connectivity index (χ4v) is 5.51. The number of aromatic nitrogens is 1. The van der Waals surface area contributed by atoms with Crippen LogP contribution in [0.5, 0.6) is 0 Å². The number of nitrogens with zero attached hydrogens (tertiary/aromatic N) is 3. The van der Waals surface area contributed by atoms with E-state index in [9.17, 15) is 18.0 Å². The van der Waals surface area contributed by atoms with Crippen LogP contribution < -0.4 is 4.72 Å². The number of piperazine rings is 1. The Kier molecular flexibility index (Phi) is 8.24. The largest absolute Gasteiger partial charge is 0.465 e. The number of anilines is 1. The van der Waals surface area contributed by atoms with Crippen molar-refractivity contribution in [3.63, 3.8) is 0 Å². The van der Waals surface area contributed by atoms with Gasteiger partial charge in [0.1, 0.15) is 4.90 Å². The quantitative estimate of drug-likeness (QED) is 0.532. The molecule has 0 atom stereocenters. The van der Waals surface area contributed by atoms with Gasteiger partial charge in [0.05, 0.1) is 11.2 Å². The zero-order valence-electron chi connectivity index (χ0n) is 20.6. The van der Waals surface area contributed by atoms with Crippen LogP contribution in [0.2, 0.25) is 0 Å². The lowest BCUT2D eigenvalue weighted by molar-refractivity contribution is 0.0625. The standard InChI is InChI=1S/C22H22N4O5S.C4H8O/c1-15-14-17(21(27)25-10-12-26(13-11-25)22(28)29)7-8-18(15)24-32(30,31)19-6-2-4-16-5-3-9-23-20(16)19;1-2-4-5-3-1/h2-9,14,24H,10-13H2,1H3,(H,28,29);1-4H2. The second kappa shape index (κ2) is 11.6. The van der Waals surface area contributed by atoms with Gasteiger partial charge in [-0.1, -0.05) is 18.2 Å². The molecule has 0 unspecified atom stereocenters. The summed E-state index contributed by atoms with van der Waals surface area (Å²) in [7, 11) is -3.90.